The Hall–Kier alpha value is -3.08. The summed E-state index contributed by atoms with van der Waals surface area (Å²) in [6, 6.07) is 14.0. The molecule has 0 spiro atoms. The number of carbonyl (C=O) groups is 1. The van der Waals surface area contributed by atoms with E-state index in [2.05, 4.69) is 28.3 Å². The quantitative estimate of drug-likeness (QED) is 0.591. The molecule has 0 unspecified atom stereocenters. The summed E-state index contributed by atoms with van der Waals surface area (Å²) in [5, 5.41) is 4.22. The lowest BCUT2D eigenvalue weighted by Gasteiger charge is -2.14. The zero-order chi connectivity index (χ0) is 18.3. The molecule has 0 radical (unpaired) electrons. The number of carbonyl (C=O) groups excluding carboxylic acids is 1. The molecule has 5 nitrogen and oxygen atoms in total. The second kappa shape index (κ2) is 6.33. The van der Waals surface area contributed by atoms with Crippen molar-refractivity contribution in [2.45, 2.75) is 26.3 Å². The second-order valence-electron chi connectivity index (χ2n) is 6.80. The van der Waals surface area contributed by atoms with Gasteiger partial charge in [0.15, 0.2) is 0 Å². The SMILES string of the molecule is Cc1cccc2[nH]cc(CC(=O)N[C@@H](C)c3nc4ccccc4n3C)c12. The van der Waals surface area contributed by atoms with Crippen LogP contribution in [0.4, 0.5) is 0 Å². The van der Waals surface area contributed by atoms with E-state index in [4.69, 9.17) is 0 Å². The van der Waals surface area contributed by atoms with Gasteiger partial charge in [0.2, 0.25) is 5.91 Å². The molecule has 2 N–H and O–H groups in total. The molecule has 0 aliphatic heterocycles. The van der Waals surface area contributed by atoms with Gasteiger partial charge < -0.3 is 14.9 Å². The van der Waals surface area contributed by atoms with Crippen molar-refractivity contribution in [2.75, 3.05) is 0 Å². The predicted molar refractivity (Wildman–Crippen MR) is 104 cm³/mol. The molecular weight excluding hydrogens is 324 g/mol. The van der Waals surface area contributed by atoms with Crippen molar-refractivity contribution in [3.63, 3.8) is 0 Å². The van der Waals surface area contributed by atoms with Gasteiger partial charge in [-0.15, -0.1) is 0 Å². The molecule has 5 heteroatoms. The topological polar surface area (TPSA) is 62.7 Å². The van der Waals surface area contributed by atoms with Crippen LogP contribution in [0.2, 0.25) is 0 Å². The summed E-state index contributed by atoms with van der Waals surface area (Å²) < 4.78 is 2.04. The van der Waals surface area contributed by atoms with E-state index in [9.17, 15) is 4.79 Å². The Kier molecular flexibility index (Phi) is 3.99. The highest BCUT2D eigenvalue weighted by Crippen LogP contribution is 2.23. The van der Waals surface area contributed by atoms with Crippen molar-refractivity contribution in [3.05, 3.63) is 65.6 Å². The summed E-state index contributed by atoms with van der Waals surface area (Å²) in [5.41, 5.74) is 5.27. The molecular formula is C21H22N4O. The third-order valence-electron chi connectivity index (χ3n) is 4.93. The minimum absolute atomic E-state index is 0.00582. The van der Waals surface area contributed by atoms with Crippen molar-refractivity contribution < 1.29 is 4.79 Å². The molecule has 0 saturated heterocycles. The Bertz CT molecular complexity index is 1110. The highest BCUT2D eigenvalue weighted by Gasteiger charge is 2.17. The first-order chi connectivity index (χ1) is 12.5. The first-order valence-corrected chi connectivity index (χ1v) is 8.81. The van der Waals surface area contributed by atoms with Crippen molar-refractivity contribution in [1.82, 2.24) is 19.9 Å². The fraction of sp³-hybridized carbons (Fsp3) is 0.238. The van der Waals surface area contributed by atoms with Crippen molar-refractivity contribution in [2.24, 2.45) is 7.05 Å². The Morgan fingerprint density at radius 1 is 1.23 bits per heavy atom. The molecule has 1 atom stereocenters. The average Bonchev–Trinajstić information content (AvgIpc) is 3.18. The molecule has 0 fully saturated rings. The van der Waals surface area contributed by atoms with Crippen LogP contribution in [-0.2, 0) is 18.3 Å². The molecule has 0 aliphatic rings. The van der Waals surface area contributed by atoms with Gasteiger partial charge in [0, 0.05) is 24.1 Å². The smallest absolute Gasteiger partial charge is 0.225 e. The lowest BCUT2D eigenvalue weighted by molar-refractivity contribution is -0.121. The molecule has 2 aromatic heterocycles. The molecule has 0 bridgehead atoms. The van der Waals surface area contributed by atoms with Gasteiger partial charge in [-0.1, -0.05) is 24.3 Å². The van der Waals surface area contributed by atoms with Gasteiger partial charge in [0.25, 0.3) is 0 Å². The highest BCUT2D eigenvalue weighted by atomic mass is 16.1. The van der Waals surface area contributed by atoms with E-state index in [1.807, 2.05) is 61.1 Å². The maximum Gasteiger partial charge on any atom is 0.225 e. The number of nitrogens with zero attached hydrogens (tertiary/aromatic N) is 2. The number of nitrogens with one attached hydrogen (secondary N) is 2. The number of hydrogen-bond donors (Lipinski definition) is 2. The minimum Gasteiger partial charge on any atom is -0.361 e. The monoisotopic (exact) mass is 346 g/mol. The largest absolute Gasteiger partial charge is 0.361 e. The maximum atomic E-state index is 12.6. The molecule has 2 heterocycles. The number of hydrogen-bond acceptors (Lipinski definition) is 2. The number of aryl methyl sites for hydroxylation is 2. The molecule has 4 aromatic rings. The molecule has 0 saturated carbocycles. The normalized spacial score (nSPS) is 12.6. The third kappa shape index (κ3) is 2.75. The van der Waals surface area contributed by atoms with Gasteiger partial charge in [-0.3, -0.25) is 4.79 Å². The average molecular weight is 346 g/mol. The van der Waals surface area contributed by atoms with E-state index in [-0.39, 0.29) is 11.9 Å². The Labute approximate surface area is 152 Å². The number of benzene rings is 2. The van der Waals surface area contributed by atoms with E-state index < -0.39 is 0 Å². The van der Waals surface area contributed by atoms with E-state index in [1.54, 1.807) is 0 Å². The van der Waals surface area contributed by atoms with E-state index >= 15 is 0 Å². The highest BCUT2D eigenvalue weighted by molar-refractivity contribution is 5.91. The standard InChI is InChI=1S/C21H22N4O/c1-13-7-6-9-17-20(13)15(12-22-17)11-19(26)23-14(2)21-24-16-8-4-5-10-18(16)25(21)3/h4-10,12,14,22H,11H2,1-3H3,(H,23,26)/t14-/m0/s1. The molecule has 4 rings (SSSR count). The number of aromatic amines is 1. The lowest BCUT2D eigenvalue weighted by atomic mass is 10.1. The number of rotatable bonds is 4. The third-order valence-corrected chi connectivity index (χ3v) is 4.93. The zero-order valence-electron chi connectivity index (χ0n) is 15.2. The van der Waals surface area contributed by atoms with Crippen LogP contribution in [0, 0.1) is 6.92 Å². The van der Waals surface area contributed by atoms with Crippen LogP contribution in [-0.4, -0.2) is 20.4 Å². The maximum absolute atomic E-state index is 12.6. The fourth-order valence-corrected chi connectivity index (χ4v) is 3.67. The lowest BCUT2D eigenvalue weighted by Crippen LogP contribution is -2.29. The number of para-hydroxylation sites is 2. The number of aromatic nitrogens is 3. The predicted octanol–water partition coefficient (Wildman–Crippen LogP) is 3.78. The van der Waals surface area contributed by atoms with Crippen molar-refractivity contribution >= 4 is 27.8 Å². The minimum atomic E-state index is -0.161. The van der Waals surface area contributed by atoms with Crippen LogP contribution >= 0.6 is 0 Å². The van der Waals surface area contributed by atoms with Crippen LogP contribution in [0.3, 0.4) is 0 Å². The molecule has 2 aromatic carbocycles. The molecule has 26 heavy (non-hydrogen) atoms. The van der Waals surface area contributed by atoms with Crippen LogP contribution in [0.1, 0.15) is 29.9 Å². The zero-order valence-corrected chi connectivity index (χ0v) is 15.2. The fourth-order valence-electron chi connectivity index (χ4n) is 3.67. The van der Waals surface area contributed by atoms with Crippen LogP contribution in [0.5, 0.6) is 0 Å². The Morgan fingerprint density at radius 3 is 2.85 bits per heavy atom. The number of H-pyrrole nitrogens is 1. The molecule has 1 amide bonds. The van der Waals surface area contributed by atoms with Crippen molar-refractivity contribution in [3.8, 4) is 0 Å². The number of amides is 1. The summed E-state index contributed by atoms with van der Waals surface area (Å²) in [4.78, 5) is 20.5. The van der Waals surface area contributed by atoms with Gasteiger partial charge in [0.1, 0.15) is 5.82 Å². The van der Waals surface area contributed by atoms with Crippen LogP contribution in [0.25, 0.3) is 21.9 Å². The summed E-state index contributed by atoms with van der Waals surface area (Å²) >= 11 is 0. The summed E-state index contributed by atoms with van der Waals surface area (Å²) in [7, 11) is 1.98. The Morgan fingerprint density at radius 2 is 2.04 bits per heavy atom. The van der Waals surface area contributed by atoms with Crippen LogP contribution in [0.15, 0.2) is 48.7 Å². The van der Waals surface area contributed by atoms with E-state index in [0.29, 0.717) is 6.42 Å². The van der Waals surface area contributed by atoms with Crippen LogP contribution < -0.4 is 5.32 Å². The molecule has 0 aliphatic carbocycles. The first kappa shape index (κ1) is 16.4. The number of imidazole rings is 1. The van der Waals surface area contributed by atoms with E-state index in [0.717, 1.165) is 33.3 Å². The van der Waals surface area contributed by atoms with E-state index in [1.165, 1.54) is 5.56 Å². The Balaban J connectivity index is 1.54. The van der Waals surface area contributed by atoms with Gasteiger partial charge in [-0.05, 0) is 43.2 Å². The van der Waals surface area contributed by atoms with Gasteiger partial charge in [-0.25, -0.2) is 4.98 Å². The van der Waals surface area contributed by atoms with Crippen molar-refractivity contribution in [1.29, 1.82) is 0 Å². The first-order valence-electron chi connectivity index (χ1n) is 8.81. The number of fused-ring (bicyclic) bond motifs is 2. The van der Waals surface area contributed by atoms with Gasteiger partial charge in [0.05, 0.1) is 23.5 Å². The summed E-state index contributed by atoms with van der Waals surface area (Å²) in [6.07, 6.45) is 2.27. The summed E-state index contributed by atoms with van der Waals surface area (Å²) in [6.45, 7) is 4.04. The summed E-state index contributed by atoms with van der Waals surface area (Å²) in [5.74, 6) is 0.850. The molecule has 132 valence electrons. The van der Waals surface area contributed by atoms with Gasteiger partial charge >= 0.3 is 0 Å². The second-order valence-corrected chi connectivity index (χ2v) is 6.80. The van der Waals surface area contributed by atoms with Gasteiger partial charge in [-0.2, -0.15) is 0 Å².